The smallest absolute Gasteiger partial charge is 0.406 e. The zero-order valence-corrected chi connectivity index (χ0v) is 12.2. The van der Waals surface area contributed by atoms with Gasteiger partial charge in [-0.3, -0.25) is 4.79 Å². The maximum absolute atomic E-state index is 12.1. The van der Waals surface area contributed by atoms with Crippen LogP contribution in [0.3, 0.4) is 0 Å². The van der Waals surface area contributed by atoms with E-state index in [2.05, 4.69) is 4.74 Å². The monoisotopic (exact) mass is 317 g/mol. The van der Waals surface area contributed by atoms with E-state index in [0.29, 0.717) is 32.7 Å². The van der Waals surface area contributed by atoms with Crippen molar-refractivity contribution in [3.8, 4) is 5.75 Å². The van der Waals surface area contributed by atoms with Crippen LogP contribution >= 0.6 is 0 Å². The Kier molecular flexibility index (Phi) is 5.28. The molecule has 1 heterocycles. The van der Waals surface area contributed by atoms with Crippen LogP contribution in [-0.4, -0.2) is 43.5 Å². The molecule has 0 aromatic heterocycles. The van der Waals surface area contributed by atoms with Crippen LogP contribution in [0.4, 0.5) is 13.2 Å². The van der Waals surface area contributed by atoms with E-state index >= 15 is 0 Å². The van der Waals surface area contributed by atoms with E-state index in [9.17, 15) is 18.0 Å². The molecule has 1 aromatic carbocycles. The largest absolute Gasteiger partial charge is 0.573 e. The quantitative estimate of drug-likeness (QED) is 0.857. The zero-order chi connectivity index (χ0) is 16.2. The molecule has 1 atom stereocenters. The predicted molar refractivity (Wildman–Crippen MR) is 73.6 cm³/mol. The molecule has 22 heavy (non-hydrogen) atoms. The summed E-state index contributed by atoms with van der Waals surface area (Å²) in [6.07, 6.45) is -4.38. The summed E-state index contributed by atoms with van der Waals surface area (Å²) in [6.45, 7) is 4.14. The lowest BCUT2D eigenvalue weighted by Crippen LogP contribution is -2.41. The van der Waals surface area contributed by atoms with Crippen molar-refractivity contribution in [2.75, 3.05) is 26.3 Å². The van der Waals surface area contributed by atoms with Crippen molar-refractivity contribution in [3.05, 3.63) is 29.8 Å². The molecule has 2 rings (SSSR count). The summed E-state index contributed by atoms with van der Waals surface area (Å²) >= 11 is 0. The minimum atomic E-state index is -4.70. The van der Waals surface area contributed by atoms with Gasteiger partial charge in [0.25, 0.3) is 0 Å². The van der Waals surface area contributed by atoms with E-state index in [4.69, 9.17) is 4.74 Å². The Labute approximate surface area is 126 Å². The van der Waals surface area contributed by atoms with Crippen LogP contribution in [0, 0.1) is 0 Å². The van der Waals surface area contributed by atoms with Crippen molar-refractivity contribution >= 4 is 5.91 Å². The second-order valence-corrected chi connectivity index (χ2v) is 5.22. The average molecular weight is 317 g/mol. The second-order valence-electron chi connectivity index (χ2n) is 5.22. The van der Waals surface area contributed by atoms with Gasteiger partial charge in [0.15, 0.2) is 0 Å². The number of morpholine rings is 1. The topological polar surface area (TPSA) is 38.8 Å². The maximum atomic E-state index is 12.1. The molecule has 122 valence electrons. The summed E-state index contributed by atoms with van der Waals surface area (Å²) in [6, 6.07) is 5.63. The van der Waals surface area contributed by atoms with Crippen LogP contribution in [0.2, 0.25) is 0 Å². The molecular formula is C15H18F3NO3. The summed E-state index contributed by atoms with van der Waals surface area (Å²) in [7, 11) is 0. The molecule has 7 heteroatoms. The van der Waals surface area contributed by atoms with E-state index in [0.717, 1.165) is 5.56 Å². The number of halogens is 3. The van der Waals surface area contributed by atoms with E-state index in [-0.39, 0.29) is 17.6 Å². The molecule has 1 amide bonds. The van der Waals surface area contributed by atoms with Gasteiger partial charge < -0.3 is 14.4 Å². The lowest BCUT2D eigenvalue weighted by molar-refractivity contribution is -0.274. The number of carbonyl (C=O) groups is 1. The number of hydrogen-bond donors (Lipinski definition) is 0. The number of hydrogen-bond acceptors (Lipinski definition) is 3. The first-order chi connectivity index (χ1) is 10.3. The molecule has 0 bridgehead atoms. The average Bonchev–Trinajstić information content (AvgIpc) is 2.47. The van der Waals surface area contributed by atoms with Gasteiger partial charge in [-0.1, -0.05) is 19.1 Å². The van der Waals surface area contributed by atoms with Gasteiger partial charge in [0, 0.05) is 19.5 Å². The number of alkyl halides is 3. The normalized spacial score (nSPS) is 17.2. The first kappa shape index (κ1) is 16.6. The molecule has 1 aromatic rings. The van der Waals surface area contributed by atoms with Gasteiger partial charge in [-0.2, -0.15) is 0 Å². The number of nitrogens with zero attached hydrogens (tertiary/aromatic N) is 1. The van der Waals surface area contributed by atoms with Gasteiger partial charge in [0.05, 0.1) is 13.2 Å². The van der Waals surface area contributed by atoms with Crippen LogP contribution in [0.15, 0.2) is 24.3 Å². The SMILES string of the molecule is CC(CC(=O)N1CCOCC1)c1ccc(OC(F)(F)F)cc1. The summed E-state index contributed by atoms with van der Waals surface area (Å²) in [5.41, 5.74) is 0.802. The zero-order valence-electron chi connectivity index (χ0n) is 12.2. The number of benzene rings is 1. The highest BCUT2D eigenvalue weighted by molar-refractivity contribution is 5.77. The Morgan fingerprint density at radius 3 is 2.41 bits per heavy atom. The van der Waals surface area contributed by atoms with Gasteiger partial charge in [-0.05, 0) is 23.6 Å². The van der Waals surface area contributed by atoms with Crippen LogP contribution in [0.1, 0.15) is 24.8 Å². The molecule has 0 aliphatic carbocycles. The molecule has 1 aliphatic rings. The summed E-state index contributed by atoms with van der Waals surface area (Å²) in [4.78, 5) is 13.9. The minimum Gasteiger partial charge on any atom is -0.406 e. The summed E-state index contributed by atoms with van der Waals surface area (Å²) < 4.78 is 45.3. The third-order valence-corrected chi connectivity index (χ3v) is 3.53. The van der Waals surface area contributed by atoms with Crippen molar-refractivity contribution in [1.29, 1.82) is 0 Å². The molecule has 1 saturated heterocycles. The first-order valence-corrected chi connectivity index (χ1v) is 7.06. The fourth-order valence-corrected chi connectivity index (χ4v) is 2.32. The maximum Gasteiger partial charge on any atom is 0.573 e. The molecule has 0 saturated carbocycles. The summed E-state index contributed by atoms with van der Waals surface area (Å²) in [5, 5.41) is 0. The Morgan fingerprint density at radius 2 is 1.86 bits per heavy atom. The third kappa shape index (κ3) is 4.91. The van der Waals surface area contributed by atoms with E-state index < -0.39 is 6.36 Å². The molecule has 1 fully saturated rings. The Morgan fingerprint density at radius 1 is 1.27 bits per heavy atom. The third-order valence-electron chi connectivity index (χ3n) is 3.53. The van der Waals surface area contributed by atoms with E-state index in [1.165, 1.54) is 12.1 Å². The number of amides is 1. The highest BCUT2D eigenvalue weighted by atomic mass is 19.4. The lowest BCUT2D eigenvalue weighted by Gasteiger charge is -2.28. The second kappa shape index (κ2) is 7.00. The van der Waals surface area contributed by atoms with E-state index in [1.54, 1.807) is 17.0 Å². The molecule has 0 radical (unpaired) electrons. The van der Waals surface area contributed by atoms with Crippen molar-refractivity contribution in [3.63, 3.8) is 0 Å². The van der Waals surface area contributed by atoms with Gasteiger partial charge >= 0.3 is 6.36 Å². The number of carbonyl (C=O) groups excluding carboxylic acids is 1. The van der Waals surface area contributed by atoms with Gasteiger partial charge in [0.2, 0.25) is 5.91 Å². The molecule has 1 aliphatic heterocycles. The van der Waals surface area contributed by atoms with Crippen LogP contribution in [0.25, 0.3) is 0 Å². The Bertz CT molecular complexity index is 496. The van der Waals surface area contributed by atoms with Gasteiger partial charge in [-0.25, -0.2) is 0 Å². The molecule has 1 unspecified atom stereocenters. The lowest BCUT2D eigenvalue weighted by atomic mass is 9.97. The molecular weight excluding hydrogens is 299 g/mol. The first-order valence-electron chi connectivity index (χ1n) is 7.06. The number of rotatable bonds is 4. The van der Waals surface area contributed by atoms with Gasteiger partial charge in [0.1, 0.15) is 5.75 Å². The number of ether oxygens (including phenoxy) is 2. The fourth-order valence-electron chi connectivity index (χ4n) is 2.32. The summed E-state index contributed by atoms with van der Waals surface area (Å²) in [5.74, 6) is -0.301. The molecule has 4 nitrogen and oxygen atoms in total. The van der Waals surface area contributed by atoms with Crippen molar-refractivity contribution < 1.29 is 27.4 Å². The fraction of sp³-hybridized carbons (Fsp3) is 0.533. The Hall–Kier alpha value is -1.76. The molecule has 0 N–H and O–H groups in total. The van der Waals surface area contributed by atoms with Crippen LogP contribution in [-0.2, 0) is 9.53 Å². The van der Waals surface area contributed by atoms with E-state index in [1.807, 2.05) is 6.92 Å². The Balaban J connectivity index is 1.91. The minimum absolute atomic E-state index is 0.0337. The van der Waals surface area contributed by atoms with Crippen LogP contribution in [0.5, 0.6) is 5.75 Å². The highest BCUT2D eigenvalue weighted by Gasteiger charge is 2.31. The van der Waals surface area contributed by atoms with Crippen molar-refractivity contribution in [2.45, 2.75) is 25.6 Å². The molecule has 0 spiro atoms. The van der Waals surface area contributed by atoms with Gasteiger partial charge in [-0.15, -0.1) is 13.2 Å². The van der Waals surface area contributed by atoms with Crippen molar-refractivity contribution in [1.82, 2.24) is 4.90 Å². The standard InChI is InChI=1S/C15H18F3NO3/c1-11(10-14(20)19-6-8-21-9-7-19)12-2-4-13(5-3-12)22-15(16,17)18/h2-5,11H,6-10H2,1H3. The van der Waals surface area contributed by atoms with Crippen molar-refractivity contribution in [2.24, 2.45) is 0 Å². The predicted octanol–water partition coefficient (Wildman–Crippen LogP) is 2.94. The van der Waals surface area contributed by atoms with Crippen LogP contribution < -0.4 is 4.74 Å². The highest BCUT2D eigenvalue weighted by Crippen LogP contribution is 2.26.